The van der Waals surface area contributed by atoms with Crippen molar-refractivity contribution in [3.8, 4) is 0 Å². The fourth-order valence-electron chi connectivity index (χ4n) is 3.19. The minimum absolute atomic E-state index is 0.199. The van der Waals surface area contributed by atoms with Crippen molar-refractivity contribution in [2.24, 2.45) is 0 Å². The van der Waals surface area contributed by atoms with Gasteiger partial charge in [-0.1, -0.05) is 12.1 Å². The number of pyridine rings is 1. The minimum atomic E-state index is -2.52. The first-order valence-electron chi connectivity index (χ1n) is 7.70. The summed E-state index contributed by atoms with van der Waals surface area (Å²) < 4.78 is 15.7. The number of nitrogens with zero attached hydrogens (tertiary/aromatic N) is 2. The summed E-state index contributed by atoms with van der Waals surface area (Å²) in [6.07, 6.45) is 4.64. The van der Waals surface area contributed by atoms with Gasteiger partial charge in [0.1, 0.15) is 0 Å². The van der Waals surface area contributed by atoms with E-state index in [2.05, 4.69) is 27.4 Å². The highest BCUT2D eigenvalue weighted by Crippen LogP contribution is 2.29. The quantitative estimate of drug-likeness (QED) is 0.864. The van der Waals surface area contributed by atoms with Crippen molar-refractivity contribution in [2.75, 3.05) is 19.6 Å². The molecule has 1 aromatic carbocycles. The molecule has 1 saturated heterocycles. The van der Waals surface area contributed by atoms with Gasteiger partial charge in [0, 0.05) is 42.3 Å². The molecule has 2 heterocycles. The Morgan fingerprint density at radius 1 is 1.41 bits per heavy atom. The molecule has 1 N–H and O–H groups in total. The maximum atomic E-state index is 13.6. The fraction of sp³-hybridized carbons (Fsp3) is 0.412. The molecule has 0 bridgehead atoms. The molecule has 1 aliphatic rings. The molecule has 0 aliphatic carbocycles. The molecule has 0 saturated carbocycles. The highest BCUT2D eigenvalue weighted by molar-refractivity contribution is 7.98. The van der Waals surface area contributed by atoms with E-state index in [1.807, 2.05) is 37.5 Å². The van der Waals surface area contributed by atoms with E-state index < -0.39 is 9.71 Å². The van der Waals surface area contributed by atoms with Crippen molar-refractivity contribution in [1.82, 2.24) is 14.6 Å². The number of aromatic nitrogens is 1. The number of hydrogen-bond donors (Lipinski definition) is 1. The molecule has 5 heteroatoms. The van der Waals surface area contributed by atoms with Gasteiger partial charge < -0.3 is 5.32 Å². The molecule has 22 heavy (non-hydrogen) atoms. The SMILES string of the molecule is C=S(=O)(c1cccc2cncc(C)c12)N1CCCNC[C@@H]1C. The molecule has 0 radical (unpaired) electrons. The van der Waals surface area contributed by atoms with E-state index >= 15 is 0 Å². The zero-order valence-electron chi connectivity index (χ0n) is 13.2. The molecule has 4 nitrogen and oxygen atoms in total. The molecular formula is C17H23N3OS. The number of aryl methyl sites for hydroxylation is 1. The lowest BCUT2D eigenvalue weighted by molar-refractivity contribution is 0.374. The molecule has 1 unspecified atom stereocenters. The monoisotopic (exact) mass is 317 g/mol. The van der Waals surface area contributed by atoms with E-state index in [4.69, 9.17) is 0 Å². The summed E-state index contributed by atoms with van der Waals surface area (Å²) in [4.78, 5) is 5.07. The predicted octanol–water partition coefficient (Wildman–Crippen LogP) is 2.22. The average molecular weight is 317 g/mol. The topological polar surface area (TPSA) is 45.2 Å². The molecule has 2 atom stereocenters. The molecule has 1 aromatic heterocycles. The van der Waals surface area contributed by atoms with Gasteiger partial charge in [-0.25, -0.2) is 8.51 Å². The van der Waals surface area contributed by atoms with Crippen LogP contribution in [-0.4, -0.2) is 45.0 Å². The third-order valence-corrected chi connectivity index (χ3v) is 6.65. The number of nitrogens with one attached hydrogen (secondary N) is 1. The Hall–Kier alpha value is -1.43. The fourth-order valence-corrected chi connectivity index (χ4v) is 5.42. The van der Waals surface area contributed by atoms with Gasteiger partial charge in [0.2, 0.25) is 0 Å². The van der Waals surface area contributed by atoms with Gasteiger partial charge in [0.05, 0.1) is 14.6 Å². The van der Waals surface area contributed by atoms with Gasteiger partial charge in [-0.3, -0.25) is 4.98 Å². The van der Waals surface area contributed by atoms with Crippen molar-refractivity contribution >= 4 is 26.4 Å². The second-order valence-electron chi connectivity index (χ2n) is 6.00. The van der Waals surface area contributed by atoms with Crippen molar-refractivity contribution in [1.29, 1.82) is 0 Å². The number of rotatable bonds is 2. The van der Waals surface area contributed by atoms with E-state index in [0.29, 0.717) is 0 Å². The van der Waals surface area contributed by atoms with Crippen LogP contribution in [0.25, 0.3) is 10.8 Å². The maximum Gasteiger partial charge on any atom is 0.0567 e. The summed E-state index contributed by atoms with van der Waals surface area (Å²) in [5.41, 5.74) is 1.05. The Morgan fingerprint density at radius 2 is 2.23 bits per heavy atom. The largest absolute Gasteiger partial charge is 0.315 e. The van der Waals surface area contributed by atoms with E-state index in [1.54, 1.807) is 0 Å². The van der Waals surface area contributed by atoms with Crippen LogP contribution in [0.5, 0.6) is 0 Å². The normalized spacial score (nSPS) is 23.1. The average Bonchev–Trinajstić information content (AvgIpc) is 2.72. The molecule has 1 fully saturated rings. The lowest BCUT2D eigenvalue weighted by atomic mass is 10.1. The first-order valence-corrected chi connectivity index (χ1v) is 9.38. The van der Waals surface area contributed by atoms with Gasteiger partial charge in [-0.2, -0.15) is 0 Å². The summed E-state index contributed by atoms with van der Waals surface area (Å²) in [7, 11) is -2.52. The lowest BCUT2D eigenvalue weighted by Gasteiger charge is -2.31. The van der Waals surface area contributed by atoms with Crippen LogP contribution in [0.3, 0.4) is 0 Å². The first-order chi connectivity index (χ1) is 10.5. The summed E-state index contributed by atoms with van der Waals surface area (Å²) in [5, 5.41) is 5.45. The second-order valence-corrected chi connectivity index (χ2v) is 8.19. The third-order valence-electron chi connectivity index (χ3n) is 4.32. The first kappa shape index (κ1) is 15.5. The molecule has 0 spiro atoms. The highest BCUT2D eigenvalue weighted by Gasteiger charge is 2.26. The molecule has 1 aliphatic heterocycles. The van der Waals surface area contributed by atoms with Gasteiger partial charge in [-0.15, -0.1) is 0 Å². The van der Waals surface area contributed by atoms with Gasteiger partial charge in [0.25, 0.3) is 0 Å². The third kappa shape index (κ3) is 2.64. The van der Waals surface area contributed by atoms with Crippen molar-refractivity contribution < 1.29 is 4.21 Å². The van der Waals surface area contributed by atoms with E-state index in [0.717, 1.165) is 47.3 Å². The minimum Gasteiger partial charge on any atom is -0.315 e. The standard InChI is InChI=1S/C17H23N3OS/c1-13-10-19-12-15-6-4-7-16(17(13)15)22(3,21)20-9-5-8-18-11-14(20)2/h4,6-7,10,12,14,18H,3,5,8-9,11H2,1-2H3/t14-,22?/m0/s1. The molecular weight excluding hydrogens is 294 g/mol. The van der Waals surface area contributed by atoms with Crippen molar-refractivity contribution in [3.05, 3.63) is 36.2 Å². The Morgan fingerprint density at radius 3 is 3.05 bits per heavy atom. The maximum absolute atomic E-state index is 13.6. The Labute approximate surface area is 132 Å². The summed E-state index contributed by atoms with van der Waals surface area (Å²) in [5.74, 6) is 4.15. The van der Waals surface area contributed by atoms with Crippen LogP contribution in [-0.2, 0) is 9.71 Å². The Bertz CT molecular complexity index is 780. The van der Waals surface area contributed by atoms with Crippen LogP contribution in [0.1, 0.15) is 18.9 Å². The summed E-state index contributed by atoms with van der Waals surface area (Å²) in [6.45, 7) is 6.74. The smallest absolute Gasteiger partial charge is 0.0567 e. The van der Waals surface area contributed by atoms with Crippen LogP contribution in [0, 0.1) is 6.92 Å². The van der Waals surface area contributed by atoms with Crippen LogP contribution in [0.4, 0.5) is 0 Å². The van der Waals surface area contributed by atoms with Gasteiger partial charge in [-0.05, 0) is 44.3 Å². The zero-order chi connectivity index (χ0) is 15.7. The molecule has 2 aromatic rings. The molecule has 3 rings (SSSR count). The van der Waals surface area contributed by atoms with Crippen molar-refractivity contribution in [2.45, 2.75) is 31.2 Å². The Balaban J connectivity index is 2.17. The summed E-state index contributed by atoms with van der Waals surface area (Å²) >= 11 is 0. The van der Waals surface area contributed by atoms with E-state index in [9.17, 15) is 4.21 Å². The second kappa shape index (κ2) is 5.99. The van der Waals surface area contributed by atoms with Crippen LogP contribution in [0.15, 0.2) is 35.5 Å². The van der Waals surface area contributed by atoms with Gasteiger partial charge in [0.15, 0.2) is 0 Å². The van der Waals surface area contributed by atoms with Crippen LogP contribution in [0.2, 0.25) is 0 Å². The predicted molar refractivity (Wildman–Crippen MR) is 93.7 cm³/mol. The number of hydrogen-bond acceptors (Lipinski definition) is 3. The zero-order valence-corrected chi connectivity index (χ0v) is 14.0. The van der Waals surface area contributed by atoms with E-state index in [-0.39, 0.29) is 6.04 Å². The number of fused-ring (bicyclic) bond motifs is 1. The van der Waals surface area contributed by atoms with Crippen LogP contribution >= 0.6 is 0 Å². The van der Waals surface area contributed by atoms with E-state index in [1.165, 1.54) is 0 Å². The molecule has 118 valence electrons. The Kier molecular flexibility index (Phi) is 4.21. The van der Waals surface area contributed by atoms with Gasteiger partial charge >= 0.3 is 0 Å². The molecule has 0 amide bonds. The van der Waals surface area contributed by atoms with Crippen molar-refractivity contribution in [3.63, 3.8) is 0 Å². The highest BCUT2D eigenvalue weighted by atomic mass is 32.2. The summed E-state index contributed by atoms with van der Waals surface area (Å²) in [6, 6.07) is 6.12. The number of benzene rings is 1. The lowest BCUT2D eigenvalue weighted by Crippen LogP contribution is -2.41. The van der Waals surface area contributed by atoms with Crippen LogP contribution < -0.4 is 5.32 Å².